The number of benzene rings is 1. The van der Waals surface area contributed by atoms with Crippen LogP contribution in [0.5, 0.6) is 5.75 Å². The van der Waals surface area contributed by atoms with Gasteiger partial charge in [-0.15, -0.1) is 11.3 Å². The molecular weight excluding hydrogens is 384 g/mol. The fourth-order valence-corrected chi connectivity index (χ4v) is 5.22. The highest BCUT2D eigenvalue weighted by atomic mass is 32.2. The predicted octanol–water partition coefficient (Wildman–Crippen LogP) is 3.32. The second kappa shape index (κ2) is 8.00. The summed E-state index contributed by atoms with van der Waals surface area (Å²) in [4.78, 5) is 13.9. The molecule has 0 radical (unpaired) electrons. The maximum Gasteiger partial charge on any atom is 0.251 e. The Morgan fingerprint density at radius 2 is 2.00 bits per heavy atom. The van der Waals surface area contributed by atoms with Gasteiger partial charge < -0.3 is 10.1 Å². The average molecular weight is 409 g/mol. The number of rotatable bonds is 8. The molecule has 1 heterocycles. The highest BCUT2D eigenvalue weighted by Gasteiger charge is 2.30. The lowest BCUT2D eigenvalue weighted by molar-refractivity contribution is 0.0926. The van der Waals surface area contributed by atoms with E-state index in [1.807, 2.05) is 31.4 Å². The van der Waals surface area contributed by atoms with E-state index in [1.54, 1.807) is 17.4 Å². The van der Waals surface area contributed by atoms with Gasteiger partial charge in [-0.05, 0) is 48.4 Å². The Balaban J connectivity index is 1.87. The third-order valence-electron chi connectivity index (χ3n) is 4.42. The Morgan fingerprint density at radius 1 is 1.26 bits per heavy atom. The van der Waals surface area contributed by atoms with Crippen LogP contribution in [0, 0.1) is 5.92 Å². The van der Waals surface area contributed by atoms with E-state index < -0.39 is 10.0 Å². The molecule has 1 aromatic carbocycles. The molecule has 3 rings (SSSR count). The number of nitrogens with one attached hydrogen (secondary N) is 2. The van der Waals surface area contributed by atoms with E-state index in [9.17, 15) is 13.2 Å². The molecule has 1 saturated carbocycles. The summed E-state index contributed by atoms with van der Waals surface area (Å²) in [5.41, 5.74) is 0.286. The molecule has 0 unspecified atom stereocenters. The summed E-state index contributed by atoms with van der Waals surface area (Å²) in [5, 5.41) is 4.99. The molecule has 2 aromatic rings. The number of thiophene rings is 1. The van der Waals surface area contributed by atoms with Gasteiger partial charge in [0.2, 0.25) is 10.0 Å². The van der Waals surface area contributed by atoms with E-state index in [0.717, 1.165) is 17.7 Å². The summed E-state index contributed by atoms with van der Waals surface area (Å²) in [6, 6.07) is 8.25. The summed E-state index contributed by atoms with van der Waals surface area (Å²) >= 11 is 1.58. The molecule has 2 N–H and O–H groups in total. The first-order valence-corrected chi connectivity index (χ1v) is 11.2. The van der Waals surface area contributed by atoms with E-state index in [1.165, 1.54) is 19.2 Å². The fraction of sp³-hybridized carbons (Fsp3) is 0.421. The van der Waals surface area contributed by atoms with Crippen LogP contribution in [0.3, 0.4) is 0 Å². The third-order valence-corrected chi connectivity index (χ3v) is 6.91. The summed E-state index contributed by atoms with van der Waals surface area (Å²) in [5.74, 6) is 0.108. The van der Waals surface area contributed by atoms with E-state index in [-0.39, 0.29) is 40.1 Å². The molecular formula is C19H24N2O4S2. The quantitative estimate of drug-likeness (QED) is 0.702. The standard InChI is InChI=1S/C19H24N2O4S2/c1-12(2)18(16-5-4-10-26-16)20-19(22)13-6-9-15(25-3)17(11-13)27(23,24)21-14-7-8-14/h4-6,9-12,14,18,21H,7-8H2,1-3H3,(H,20,22)/t18-/m1/s1. The Morgan fingerprint density at radius 3 is 2.56 bits per heavy atom. The van der Waals surface area contributed by atoms with Crippen molar-refractivity contribution in [3.8, 4) is 5.75 Å². The molecule has 8 heteroatoms. The molecule has 1 aromatic heterocycles. The number of sulfonamides is 1. The van der Waals surface area contributed by atoms with Crippen molar-refractivity contribution in [3.05, 3.63) is 46.2 Å². The first kappa shape index (κ1) is 19.9. The van der Waals surface area contributed by atoms with Crippen LogP contribution in [0.25, 0.3) is 0 Å². The minimum absolute atomic E-state index is 0.0122. The van der Waals surface area contributed by atoms with E-state index in [2.05, 4.69) is 10.0 Å². The smallest absolute Gasteiger partial charge is 0.251 e. The average Bonchev–Trinajstić information content (AvgIpc) is 3.26. The lowest BCUT2D eigenvalue weighted by atomic mass is 10.0. The highest BCUT2D eigenvalue weighted by Crippen LogP contribution is 2.30. The number of carbonyl (C=O) groups is 1. The maximum atomic E-state index is 12.8. The Kier molecular flexibility index (Phi) is 5.88. The van der Waals surface area contributed by atoms with Gasteiger partial charge in [-0.1, -0.05) is 19.9 Å². The minimum Gasteiger partial charge on any atom is -0.495 e. The number of carbonyl (C=O) groups excluding carboxylic acids is 1. The zero-order valence-electron chi connectivity index (χ0n) is 15.6. The minimum atomic E-state index is -3.74. The van der Waals surface area contributed by atoms with Crippen LogP contribution in [0.1, 0.15) is 48.0 Å². The summed E-state index contributed by atoms with van der Waals surface area (Å²) in [6.45, 7) is 4.07. The maximum absolute atomic E-state index is 12.8. The predicted molar refractivity (Wildman–Crippen MR) is 106 cm³/mol. The lowest BCUT2D eigenvalue weighted by Gasteiger charge is -2.21. The van der Waals surface area contributed by atoms with Gasteiger partial charge in [-0.25, -0.2) is 13.1 Å². The summed E-state index contributed by atoms with van der Waals surface area (Å²) in [7, 11) is -2.32. The van der Waals surface area contributed by atoms with Crippen molar-refractivity contribution in [2.45, 2.75) is 43.7 Å². The molecule has 1 atom stereocenters. The van der Waals surface area contributed by atoms with Gasteiger partial charge in [0.15, 0.2) is 0 Å². The molecule has 1 aliphatic rings. The third kappa shape index (κ3) is 4.69. The first-order chi connectivity index (χ1) is 12.8. The van der Waals surface area contributed by atoms with Crippen molar-refractivity contribution >= 4 is 27.3 Å². The van der Waals surface area contributed by atoms with Gasteiger partial charge in [-0.3, -0.25) is 4.79 Å². The van der Waals surface area contributed by atoms with Crippen LogP contribution >= 0.6 is 11.3 Å². The number of hydrogen-bond acceptors (Lipinski definition) is 5. The topological polar surface area (TPSA) is 84.5 Å². The molecule has 27 heavy (non-hydrogen) atoms. The van der Waals surface area contributed by atoms with Crippen LogP contribution < -0.4 is 14.8 Å². The van der Waals surface area contributed by atoms with Crippen molar-refractivity contribution in [2.75, 3.05) is 7.11 Å². The van der Waals surface area contributed by atoms with Crippen LogP contribution in [0.2, 0.25) is 0 Å². The second-order valence-corrected chi connectivity index (χ2v) is 9.63. The van der Waals surface area contributed by atoms with Crippen molar-refractivity contribution in [2.24, 2.45) is 5.92 Å². The van der Waals surface area contributed by atoms with Gasteiger partial charge in [0.25, 0.3) is 5.91 Å². The SMILES string of the molecule is COc1ccc(C(=O)N[C@@H](c2cccs2)C(C)C)cc1S(=O)(=O)NC1CC1. The molecule has 0 aliphatic heterocycles. The number of amides is 1. The molecule has 1 fully saturated rings. The first-order valence-electron chi connectivity index (χ1n) is 8.86. The van der Waals surface area contributed by atoms with Crippen molar-refractivity contribution in [1.29, 1.82) is 0 Å². The zero-order valence-corrected chi connectivity index (χ0v) is 17.2. The summed E-state index contributed by atoms with van der Waals surface area (Å²) in [6.07, 6.45) is 1.66. The van der Waals surface area contributed by atoms with Crippen LogP contribution in [-0.2, 0) is 10.0 Å². The van der Waals surface area contributed by atoms with Crippen molar-refractivity contribution < 1.29 is 17.9 Å². The largest absolute Gasteiger partial charge is 0.495 e. The van der Waals surface area contributed by atoms with Crippen LogP contribution in [0.4, 0.5) is 0 Å². The Bertz CT molecular complexity index is 904. The van der Waals surface area contributed by atoms with Gasteiger partial charge in [0, 0.05) is 16.5 Å². The van der Waals surface area contributed by atoms with Crippen LogP contribution in [-0.4, -0.2) is 27.5 Å². The highest BCUT2D eigenvalue weighted by molar-refractivity contribution is 7.89. The van der Waals surface area contributed by atoms with Gasteiger partial charge in [0.05, 0.1) is 13.2 Å². The van der Waals surface area contributed by atoms with Crippen molar-refractivity contribution in [3.63, 3.8) is 0 Å². The second-order valence-electron chi connectivity index (χ2n) is 6.97. The molecule has 0 saturated heterocycles. The van der Waals surface area contributed by atoms with E-state index >= 15 is 0 Å². The van der Waals surface area contributed by atoms with Gasteiger partial charge in [0.1, 0.15) is 10.6 Å². The molecule has 146 valence electrons. The molecule has 0 spiro atoms. The lowest BCUT2D eigenvalue weighted by Crippen LogP contribution is -2.31. The van der Waals surface area contributed by atoms with E-state index in [0.29, 0.717) is 0 Å². The Hall–Kier alpha value is -1.90. The number of hydrogen-bond donors (Lipinski definition) is 2. The normalized spacial score (nSPS) is 15.6. The molecule has 1 amide bonds. The Labute approximate surface area is 164 Å². The van der Waals surface area contributed by atoms with Gasteiger partial charge >= 0.3 is 0 Å². The zero-order chi connectivity index (χ0) is 19.6. The molecule has 6 nitrogen and oxygen atoms in total. The fourth-order valence-electron chi connectivity index (χ4n) is 2.77. The molecule has 1 aliphatic carbocycles. The van der Waals surface area contributed by atoms with Crippen LogP contribution in [0.15, 0.2) is 40.6 Å². The van der Waals surface area contributed by atoms with E-state index in [4.69, 9.17) is 4.74 Å². The number of methoxy groups -OCH3 is 1. The summed E-state index contributed by atoms with van der Waals surface area (Å²) < 4.78 is 33.1. The number of ether oxygens (including phenoxy) is 1. The monoisotopic (exact) mass is 408 g/mol. The molecule has 0 bridgehead atoms. The van der Waals surface area contributed by atoms with Crippen molar-refractivity contribution in [1.82, 2.24) is 10.0 Å². The van der Waals surface area contributed by atoms with Gasteiger partial charge in [-0.2, -0.15) is 0 Å².